The van der Waals surface area contributed by atoms with Crippen LogP contribution in [-0.2, 0) is 16.0 Å². The lowest BCUT2D eigenvalue weighted by Crippen LogP contribution is -2.29. The van der Waals surface area contributed by atoms with Gasteiger partial charge >= 0.3 is 0 Å². The summed E-state index contributed by atoms with van der Waals surface area (Å²) in [6.45, 7) is 0.588. The van der Waals surface area contributed by atoms with E-state index in [9.17, 15) is 14.4 Å². The fraction of sp³-hybridized carbons (Fsp3) is 0.138. The molecular weight excluding hydrogens is 426 g/mol. The number of anilines is 1. The molecule has 170 valence electrons. The summed E-state index contributed by atoms with van der Waals surface area (Å²) in [7, 11) is 0. The summed E-state index contributed by atoms with van der Waals surface area (Å²) in [6.07, 6.45) is 8.82. The van der Waals surface area contributed by atoms with Crippen molar-refractivity contribution < 1.29 is 19.1 Å². The summed E-state index contributed by atoms with van der Waals surface area (Å²) >= 11 is 0. The second-order valence-corrected chi connectivity index (χ2v) is 7.95. The highest BCUT2D eigenvalue weighted by molar-refractivity contribution is 6.28. The molecule has 0 unspecified atom stereocenters. The van der Waals surface area contributed by atoms with E-state index in [1.165, 1.54) is 17.7 Å². The molecule has 0 fully saturated rings. The van der Waals surface area contributed by atoms with Crippen LogP contribution in [0.4, 0.5) is 5.69 Å². The largest absolute Gasteiger partial charge is 0.494 e. The number of carbonyl (C=O) groups excluding carboxylic acids is 3. The van der Waals surface area contributed by atoms with Crippen molar-refractivity contribution in [3.8, 4) is 5.75 Å². The number of hydrogen-bond donors (Lipinski definition) is 0. The van der Waals surface area contributed by atoms with Crippen LogP contribution in [0, 0.1) is 0 Å². The van der Waals surface area contributed by atoms with E-state index in [-0.39, 0.29) is 17.6 Å². The molecule has 5 heteroatoms. The van der Waals surface area contributed by atoms with E-state index >= 15 is 0 Å². The minimum atomic E-state index is -0.330. The molecular formula is C29H25NO4. The van der Waals surface area contributed by atoms with Crippen LogP contribution in [0.3, 0.4) is 0 Å². The molecule has 1 aliphatic rings. The van der Waals surface area contributed by atoms with Crippen molar-refractivity contribution in [1.82, 2.24) is 0 Å². The van der Waals surface area contributed by atoms with E-state index < -0.39 is 0 Å². The number of rotatable bonds is 10. The zero-order valence-electron chi connectivity index (χ0n) is 18.7. The summed E-state index contributed by atoms with van der Waals surface area (Å²) < 4.78 is 5.78. The van der Waals surface area contributed by atoms with Crippen molar-refractivity contribution in [1.29, 1.82) is 0 Å². The molecule has 34 heavy (non-hydrogen) atoms. The Balaban J connectivity index is 1.17. The molecule has 1 aliphatic heterocycles. The van der Waals surface area contributed by atoms with Gasteiger partial charge in [0.2, 0.25) is 0 Å². The van der Waals surface area contributed by atoms with Gasteiger partial charge in [0.25, 0.3) is 11.8 Å². The second kappa shape index (κ2) is 11.1. The summed E-state index contributed by atoms with van der Waals surface area (Å²) in [5.41, 5.74) is 3.45. The van der Waals surface area contributed by atoms with Crippen LogP contribution in [0.2, 0.25) is 0 Å². The molecule has 0 spiro atoms. The van der Waals surface area contributed by atoms with Crippen molar-refractivity contribution in [3.63, 3.8) is 0 Å². The van der Waals surface area contributed by atoms with E-state index in [4.69, 9.17) is 4.74 Å². The third kappa shape index (κ3) is 5.95. The predicted octanol–water partition coefficient (Wildman–Crippen LogP) is 5.41. The van der Waals surface area contributed by atoms with Crippen LogP contribution in [0.25, 0.3) is 6.08 Å². The van der Waals surface area contributed by atoms with Crippen LogP contribution in [0.15, 0.2) is 97.1 Å². The third-order valence-corrected chi connectivity index (χ3v) is 5.50. The Bertz CT molecular complexity index is 1190. The number of unbranched alkanes of at least 4 members (excludes halogenated alkanes) is 1. The maximum atomic E-state index is 12.2. The number of amides is 2. The highest BCUT2D eigenvalue weighted by Gasteiger charge is 2.24. The molecule has 2 amide bonds. The Labute approximate surface area is 199 Å². The molecule has 0 N–H and O–H groups in total. The fourth-order valence-electron chi connectivity index (χ4n) is 3.63. The number of nitrogens with zero attached hydrogens (tertiary/aromatic N) is 1. The van der Waals surface area contributed by atoms with Crippen LogP contribution >= 0.6 is 0 Å². The zero-order chi connectivity index (χ0) is 23.8. The predicted molar refractivity (Wildman–Crippen MR) is 133 cm³/mol. The molecule has 0 aromatic heterocycles. The number of benzene rings is 3. The third-order valence-electron chi connectivity index (χ3n) is 5.50. The Morgan fingerprint density at radius 3 is 2.15 bits per heavy atom. The van der Waals surface area contributed by atoms with Gasteiger partial charge in [0.15, 0.2) is 5.78 Å². The van der Waals surface area contributed by atoms with Gasteiger partial charge in [-0.15, -0.1) is 0 Å². The van der Waals surface area contributed by atoms with Gasteiger partial charge in [-0.1, -0.05) is 60.7 Å². The van der Waals surface area contributed by atoms with Crippen molar-refractivity contribution in [2.45, 2.75) is 19.3 Å². The van der Waals surface area contributed by atoms with Gasteiger partial charge in [-0.05, 0) is 60.7 Å². The minimum Gasteiger partial charge on any atom is -0.494 e. The summed E-state index contributed by atoms with van der Waals surface area (Å²) in [6, 6.07) is 24.4. The van der Waals surface area contributed by atoms with Gasteiger partial charge in [0.05, 0.1) is 12.3 Å². The molecule has 3 aromatic carbocycles. The van der Waals surface area contributed by atoms with Crippen molar-refractivity contribution in [2.75, 3.05) is 11.5 Å². The van der Waals surface area contributed by atoms with Crippen molar-refractivity contribution >= 4 is 29.4 Å². The van der Waals surface area contributed by atoms with Gasteiger partial charge < -0.3 is 4.74 Å². The Morgan fingerprint density at radius 1 is 0.794 bits per heavy atom. The maximum Gasteiger partial charge on any atom is 0.258 e. The number of carbonyl (C=O) groups is 3. The lowest BCUT2D eigenvalue weighted by Gasteiger charge is -2.14. The first-order chi connectivity index (χ1) is 16.6. The normalized spacial score (nSPS) is 13.1. The van der Waals surface area contributed by atoms with Crippen LogP contribution in [-0.4, -0.2) is 24.2 Å². The monoisotopic (exact) mass is 451 g/mol. The number of hydrogen-bond acceptors (Lipinski definition) is 4. The van der Waals surface area contributed by atoms with E-state index in [1.54, 1.807) is 30.3 Å². The van der Waals surface area contributed by atoms with Crippen LogP contribution in [0.1, 0.15) is 34.3 Å². The standard InChI is InChI=1S/C29H25NO4/c31-27(24-7-2-1-3-8-24)18-13-23-11-9-22(10-12-23)6-4-5-21-34-26-16-14-25(15-17-26)30-28(32)19-20-29(30)33/h1-3,7-20H,4-6,21H2/b18-13+. The van der Waals surface area contributed by atoms with Crippen molar-refractivity contribution in [2.24, 2.45) is 0 Å². The highest BCUT2D eigenvalue weighted by atomic mass is 16.5. The summed E-state index contributed by atoms with van der Waals surface area (Å²) in [5, 5.41) is 0. The molecule has 1 heterocycles. The molecule has 0 aliphatic carbocycles. The molecule has 0 radical (unpaired) electrons. The molecule has 0 atom stereocenters. The average Bonchev–Trinajstić information content (AvgIpc) is 3.21. The Morgan fingerprint density at radius 2 is 1.47 bits per heavy atom. The molecule has 5 nitrogen and oxygen atoms in total. The zero-order valence-corrected chi connectivity index (χ0v) is 18.7. The maximum absolute atomic E-state index is 12.2. The van der Waals surface area contributed by atoms with Gasteiger partial charge in [0.1, 0.15) is 5.75 Å². The summed E-state index contributed by atoms with van der Waals surface area (Å²) in [5.74, 6) is 0.0399. The average molecular weight is 452 g/mol. The minimum absolute atomic E-state index is 0.00523. The summed E-state index contributed by atoms with van der Waals surface area (Å²) in [4.78, 5) is 36.8. The lowest BCUT2D eigenvalue weighted by atomic mass is 10.0. The highest BCUT2D eigenvalue weighted by Crippen LogP contribution is 2.22. The van der Waals surface area contributed by atoms with E-state index in [1.807, 2.05) is 48.5 Å². The van der Waals surface area contributed by atoms with Crippen molar-refractivity contribution in [3.05, 3.63) is 114 Å². The van der Waals surface area contributed by atoms with Gasteiger partial charge in [-0.25, -0.2) is 4.90 Å². The fourth-order valence-corrected chi connectivity index (χ4v) is 3.63. The van der Waals surface area contributed by atoms with Crippen LogP contribution < -0.4 is 9.64 Å². The molecule has 0 saturated heterocycles. The second-order valence-electron chi connectivity index (χ2n) is 7.95. The number of ether oxygens (including phenoxy) is 1. The smallest absolute Gasteiger partial charge is 0.258 e. The lowest BCUT2D eigenvalue weighted by molar-refractivity contribution is -0.119. The topological polar surface area (TPSA) is 63.7 Å². The molecule has 0 bridgehead atoms. The van der Waals surface area contributed by atoms with E-state index in [2.05, 4.69) is 12.1 Å². The first kappa shape index (κ1) is 22.9. The first-order valence-corrected chi connectivity index (χ1v) is 11.3. The number of ketones is 1. The Hall–Kier alpha value is -4.25. The van der Waals surface area contributed by atoms with E-state index in [0.717, 1.165) is 29.7 Å². The molecule has 0 saturated carbocycles. The number of imide groups is 1. The quantitative estimate of drug-likeness (QED) is 0.179. The number of aryl methyl sites for hydroxylation is 1. The Kier molecular flexibility index (Phi) is 7.45. The molecule has 4 rings (SSSR count). The first-order valence-electron chi connectivity index (χ1n) is 11.3. The van der Waals surface area contributed by atoms with Crippen LogP contribution in [0.5, 0.6) is 5.75 Å². The van der Waals surface area contributed by atoms with Gasteiger partial charge in [-0.2, -0.15) is 0 Å². The van der Waals surface area contributed by atoms with Gasteiger partial charge in [0, 0.05) is 17.7 Å². The SMILES string of the molecule is O=C(/C=C/c1ccc(CCCCOc2ccc(N3C(=O)C=CC3=O)cc2)cc1)c1ccccc1. The molecule has 3 aromatic rings. The van der Waals surface area contributed by atoms with Gasteiger partial charge in [-0.3, -0.25) is 14.4 Å². The number of allylic oxidation sites excluding steroid dienone is 1. The van der Waals surface area contributed by atoms with E-state index in [0.29, 0.717) is 23.6 Å².